The summed E-state index contributed by atoms with van der Waals surface area (Å²) in [5.74, 6) is -0.975. The Labute approximate surface area is 134 Å². The normalized spacial score (nSPS) is 17.9. The van der Waals surface area contributed by atoms with E-state index in [2.05, 4.69) is 15.8 Å². The number of hydrogen-bond acceptors (Lipinski definition) is 4. The molecular weight excluding hydrogens is 301 g/mol. The number of rotatable bonds is 6. The van der Waals surface area contributed by atoms with Crippen molar-refractivity contribution in [2.45, 2.75) is 38.8 Å². The first kappa shape index (κ1) is 16.9. The van der Waals surface area contributed by atoms with E-state index in [1.54, 1.807) is 19.1 Å². The zero-order valence-corrected chi connectivity index (χ0v) is 13.1. The van der Waals surface area contributed by atoms with Crippen LogP contribution in [0.3, 0.4) is 0 Å². The fraction of sp³-hybridized carbons (Fsp3) is 0.438. The molecule has 6 nitrogen and oxygen atoms in total. The van der Waals surface area contributed by atoms with E-state index in [1.807, 2.05) is 6.92 Å². The molecule has 23 heavy (non-hydrogen) atoms. The molecule has 7 heteroatoms. The molecule has 0 spiro atoms. The Morgan fingerprint density at radius 2 is 2.09 bits per heavy atom. The van der Waals surface area contributed by atoms with Crippen molar-refractivity contribution < 1.29 is 18.8 Å². The van der Waals surface area contributed by atoms with Crippen LogP contribution in [0.15, 0.2) is 29.4 Å². The molecule has 0 aromatic heterocycles. The molecule has 1 heterocycles. The molecule has 0 saturated carbocycles. The number of oxime groups is 1. The van der Waals surface area contributed by atoms with Gasteiger partial charge in [-0.1, -0.05) is 24.2 Å². The van der Waals surface area contributed by atoms with Crippen LogP contribution in [0.2, 0.25) is 0 Å². The maximum absolute atomic E-state index is 12.9. The highest BCUT2D eigenvalue weighted by atomic mass is 19.1. The smallest absolute Gasteiger partial charge is 0.264 e. The van der Waals surface area contributed by atoms with Crippen LogP contribution in [-0.4, -0.2) is 36.2 Å². The molecule has 2 rings (SSSR count). The van der Waals surface area contributed by atoms with E-state index in [0.717, 1.165) is 6.42 Å². The monoisotopic (exact) mass is 321 g/mol. The van der Waals surface area contributed by atoms with E-state index in [0.29, 0.717) is 17.8 Å². The van der Waals surface area contributed by atoms with Crippen LogP contribution in [-0.2, 0) is 14.4 Å². The zero-order chi connectivity index (χ0) is 16.8. The number of hydrogen-bond donors (Lipinski definition) is 2. The predicted molar refractivity (Wildman–Crippen MR) is 83.3 cm³/mol. The van der Waals surface area contributed by atoms with Gasteiger partial charge in [-0.15, -0.1) is 0 Å². The quantitative estimate of drug-likeness (QED) is 0.830. The second kappa shape index (κ2) is 7.71. The summed E-state index contributed by atoms with van der Waals surface area (Å²) in [6, 6.07) is 5.17. The average molecular weight is 321 g/mol. The first-order valence-corrected chi connectivity index (χ1v) is 7.58. The van der Waals surface area contributed by atoms with Crippen molar-refractivity contribution in [3.63, 3.8) is 0 Å². The molecule has 2 atom stereocenters. The lowest BCUT2D eigenvalue weighted by Crippen LogP contribution is -2.48. The summed E-state index contributed by atoms with van der Waals surface area (Å²) < 4.78 is 12.9. The third-order valence-corrected chi connectivity index (χ3v) is 3.44. The lowest BCUT2D eigenvalue weighted by Gasteiger charge is -2.15. The summed E-state index contributed by atoms with van der Waals surface area (Å²) in [7, 11) is 0. The number of carbonyl (C=O) groups is 2. The number of nitrogens with zero attached hydrogens (tertiary/aromatic N) is 1. The average Bonchev–Trinajstić information content (AvgIpc) is 3.03. The van der Waals surface area contributed by atoms with Gasteiger partial charge in [0.2, 0.25) is 12.0 Å². The van der Waals surface area contributed by atoms with Crippen molar-refractivity contribution in [2.24, 2.45) is 5.16 Å². The standard InChI is InChI=1S/C16H20FN3O3/c1-3-8-18-15(21)10(2)19-16(22)14-9-13(20-23-14)11-4-6-12(17)7-5-11/h4-7,10,14H,3,8-9H2,1-2H3,(H,18,21)(H,19,22)/t10-,14+/m1/s1. The Hall–Kier alpha value is -2.44. The largest absolute Gasteiger partial charge is 0.382 e. The van der Waals surface area contributed by atoms with Gasteiger partial charge in [0.25, 0.3) is 5.91 Å². The van der Waals surface area contributed by atoms with Crippen LogP contribution in [0.1, 0.15) is 32.3 Å². The molecule has 0 aliphatic carbocycles. The fourth-order valence-electron chi connectivity index (χ4n) is 2.10. The van der Waals surface area contributed by atoms with Gasteiger partial charge in [0.1, 0.15) is 11.9 Å². The van der Waals surface area contributed by atoms with E-state index in [9.17, 15) is 14.0 Å². The van der Waals surface area contributed by atoms with Crippen LogP contribution in [0, 0.1) is 5.82 Å². The molecule has 1 aliphatic rings. The Kier molecular flexibility index (Phi) is 5.67. The Morgan fingerprint density at radius 3 is 2.74 bits per heavy atom. The molecular formula is C16H20FN3O3. The fourth-order valence-corrected chi connectivity index (χ4v) is 2.10. The van der Waals surface area contributed by atoms with E-state index in [1.165, 1.54) is 12.1 Å². The van der Waals surface area contributed by atoms with Gasteiger partial charge in [-0.3, -0.25) is 9.59 Å². The molecule has 1 aromatic rings. The highest BCUT2D eigenvalue weighted by Crippen LogP contribution is 2.17. The van der Waals surface area contributed by atoms with Crippen molar-refractivity contribution in [1.29, 1.82) is 0 Å². The summed E-state index contributed by atoms with van der Waals surface area (Å²) in [6.45, 7) is 4.13. The maximum atomic E-state index is 12.9. The van der Waals surface area contributed by atoms with Gasteiger partial charge >= 0.3 is 0 Å². The van der Waals surface area contributed by atoms with Crippen LogP contribution in [0.25, 0.3) is 0 Å². The topological polar surface area (TPSA) is 79.8 Å². The van der Waals surface area contributed by atoms with Gasteiger partial charge in [0, 0.05) is 13.0 Å². The predicted octanol–water partition coefficient (Wildman–Crippen LogP) is 1.35. The van der Waals surface area contributed by atoms with Gasteiger partial charge < -0.3 is 15.5 Å². The van der Waals surface area contributed by atoms with E-state index < -0.39 is 18.1 Å². The molecule has 2 N–H and O–H groups in total. The molecule has 1 aliphatic heterocycles. The summed E-state index contributed by atoms with van der Waals surface area (Å²) in [4.78, 5) is 29.0. The van der Waals surface area contributed by atoms with E-state index >= 15 is 0 Å². The molecule has 0 unspecified atom stereocenters. The summed E-state index contributed by atoms with van der Waals surface area (Å²) in [6.07, 6.45) is 0.324. The summed E-state index contributed by atoms with van der Waals surface area (Å²) in [5, 5.41) is 9.18. The molecule has 0 bridgehead atoms. The van der Waals surface area contributed by atoms with Crippen molar-refractivity contribution >= 4 is 17.5 Å². The lowest BCUT2D eigenvalue weighted by atomic mass is 10.0. The van der Waals surface area contributed by atoms with Gasteiger partial charge in [0.05, 0.1) is 5.71 Å². The highest BCUT2D eigenvalue weighted by molar-refractivity contribution is 6.04. The van der Waals surface area contributed by atoms with Gasteiger partial charge in [-0.25, -0.2) is 4.39 Å². The number of benzene rings is 1. The minimum Gasteiger partial charge on any atom is -0.382 e. The number of halogens is 1. The lowest BCUT2D eigenvalue weighted by molar-refractivity contribution is -0.135. The number of nitrogens with one attached hydrogen (secondary N) is 2. The molecule has 1 aromatic carbocycles. The first-order valence-electron chi connectivity index (χ1n) is 7.58. The van der Waals surface area contributed by atoms with Crippen molar-refractivity contribution in [1.82, 2.24) is 10.6 Å². The highest BCUT2D eigenvalue weighted by Gasteiger charge is 2.30. The number of amides is 2. The van der Waals surface area contributed by atoms with E-state index in [-0.39, 0.29) is 18.1 Å². The third-order valence-electron chi connectivity index (χ3n) is 3.44. The molecule has 0 radical (unpaired) electrons. The minimum atomic E-state index is -0.781. The molecule has 0 saturated heterocycles. The summed E-state index contributed by atoms with van der Waals surface area (Å²) >= 11 is 0. The zero-order valence-electron chi connectivity index (χ0n) is 13.1. The Bertz CT molecular complexity index is 601. The second-order valence-electron chi connectivity index (χ2n) is 5.36. The molecule has 2 amide bonds. The van der Waals surface area contributed by atoms with Crippen LogP contribution in [0.4, 0.5) is 4.39 Å². The van der Waals surface area contributed by atoms with Crippen LogP contribution < -0.4 is 10.6 Å². The first-order chi connectivity index (χ1) is 11.0. The van der Waals surface area contributed by atoms with Gasteiger partial charge in [-0.2, -0.15) is 0 Å². The van der Waals surface area contributed by atoms with Gasteiger partial charge in [0.15, 0.2) is 0 Å². The molecule has 124 valence electrons. The van der Waals surface area contributed by atoms with Crippen LogP contribution >= 0.6 is 0 Å². The summed E-state index contributed by atoms with van der Waals surface area (Å²) in [5.41, 5.74) is 1.28. The van der Waals surface area contributed by atoms with Crippen LogP contribution in [0.5, 0.6) is 0 Å². The minimum absolute atomic E-state index is 0.238. The van der Waals surface area contributed by atoms with Crippen molar-refractivity contribution in [3.05, 3.63) is 35.6 Å². The van der Waals surface area contributed by atoms with Crippen molar-refractivity contribution in [3.8, 4) is 0 Å². The molecule has 0 fully saturated rings. The van der Waals surface area contributed by atoms with Crippen molar-refractivity contribution in [2.75, 3.05) is 6.54 Å². The van der Waals surface area contributed by atoms with E-state index in [4.69, 9.17) is 4.84 Å². The Morgan fingerprint density at radius 1 is 1.39 bits per heavy atom. The third kappa shape index (κ3) is 4.51. The number of carbonyl (C=O) groups excluding carboxylic acids is 2. The maximum Gasteiger partial charge on any atom is 0.264 e. The van der Waals surface area contributed by atoms with Gasteiger partial charge in [-0.05, 0) is 31.0 Å². The Balaban J connectivity index is 1.86. The SMILES string of the molecule is CCCNC(=O)[C@@H](C)NC(=O)[C@@H]1CC(c2ccc(F)cc2)=NO1. The second-order valence-corrected chi connectivity index (χ2v) is 5.36.